The molecule has 5 nitrogen and oxygen atoms in total. The zero-order valence-corrected chi connectivity index (χ0v) is 12.5. The molecule has 0 aromatic heterocycles. The molecular weight excluding hydrogens is 275 g/mol. The van der Waals surface area contributed by atoms with Gasteiger partial charge < -0.3 is 15.7 Å². The second-order valence-corrected chi connectivity index (χ2v) is 5.01. The summed E-state index contributed by atoms with van der Waals surface area (Å²) in [7, 11) is 0. The van der Waals surface area contributed by atoms with Crippen molar-refractivity contribution in [1.29, 1.82) is 0 Å². The topological polar surface area (TPSA) is 78.4 Å². The van der Waals surface area contributed by atoms with Crippen LogP contribution in [0.5, 0.6) is 0 Å². The molecule has 3 N–H and O–H groups in total. The molecule has 0 aliphatic carbocycles. The van der Waals surface area contributed by atoms with Crippen molar-refractivity contribution in [2.45, 2.75) is 33.6 Å². The third-order valence-electron chi connectivity index (χ3n) is 3.91. The van der Waals surface area contributed by atoms with Crippen LogP contribution in [0, 0.1) is 18.2 Å². The van der Waals surface area contributed by atoms with E-state index in [1.54, 1.807) is 26.8 Å². The number of urea groups is 1. The van der Waals surface area contributed by atoms with Crippen LogP contribution in [0.15, 0.2) is 18.2 Å². The van der Waals surface area contributed by atoms with Crippen molar-refractivity contribution < 1.29 is 19.1 Å². The number of carbonyl (C=O) groups excluding carboxylic acids is 1. The fourth-order valence-electron chi connectivity index (χ4n) is 2.04. The van der Waals surface area contributed by atoms with Gasteiger partial charge in [-0.1, -0.05) is 19.9 Å². The molecule has 0 aliphatic rings. The molecule has 0 unspecified atom stereocenters. The number of nitrogens with one attached hydrogen (secondary N) is 2. The van der Waals surface area contributed by atoms with Crippen LogP contribution in [0.1, 0.15) is 32.3 Å². The number of hydrogen-bond acceptors (Lipinski definition) is 2. The quantitative estimate of drug-likeness (QED) is 0.754. The van der Waals surface area contributed by atoms with Crippen molar-refractivity contribution in [1.82, 2.24) is 5.32 Å². The van der Waals surface area contributed by atoms with Crippen LogP contribution >= 0.6 is 0 Å². The molecule has 0 saturated heterocycles. The minimum Gasteiger partial charge on any atom is -0.481 e. The average molecular weight is 296 g/mol. The second-order valence-electron chi connectivity index (χ2n) is 5.01. The summed E-state index contributed by atoms with van der Waals surface area (Å²) in [5.74, 6) is -1.34. The zero-order chi connectivity index (χ0) is 16.0. The molecule has 0 spiro atoms. The van der Waals surface area contributed by atoms with Gasteiger partial charge in [-0.15, -0.1) is 0 Å². The monoisotopic (exact) mass is 296 g/mol. The standard InChI is InChI=1S/C15H21FN2O3/c1-4-15(5-2,13(19)20)9-17-14(21)18-12-8-6-7-11(16)10(12)3/h6-8H,4-5,9H2,1-3H3,(H,19,20)(H2,17,18,21). The van der Waals surface area contributed by atoms with E-state index in [-0.39, 0.29) is 6.54 Å². The summed E-state index contributed by atoms with van der Waals surface area (Å²) < 4.78 is 13.4. The van der Waals surface area contributed by atoms with E-state index in [2.05, 4.69) is 10.6 Å². The third kappa shape index (κ3) is 3.93. The Morgan fingerprint density at radius 1 is 1.29 bits per heavy atom. The highest BCUT2D eigenvalue weighted by Crippen LogP contribution is 2.25. The third-order valence-corrected chi connectivity index (χ3v) is 3.91. The van der Waals surface area contributed by atoms with Gasteiger partial charge in [0.1, 0.15) is 5.82 Å². The van der Waals surface area contributed by atoms with Gasteiger partial charge in [-0.05, 0) is 31.9 Å². The number of hydrogen-bond donors (Lipinski definition) is 3. The van der Waals surface area contributed by atoms with Crippen LogP contribution in [-0.4, -0.2) is 23.7 Å². The van der Waals surface area contributed by atoms with Gasteiger partial charge >= 0.3 is 12.0 Å². The van der Waals surface area contributed by atoms with E-state index in [1.807, 2.05) is 0 Å². The SMILES string of the molecule is CCC(CC)(CNC(=O)Nc1cccc(F)c1C)C(=O)O. The summed E-state index contributed by atoms with van der Waals surface area (Å²) >= 11 is 0. The maximum atomic E-state index is 13.4. The molecule has 0 radical (unpaired) electrons. The molecule has 1 rings (SSSR count). The Morgan fingerprint density at radius 3 is 2.43 bits per heavy atom. The van der Waals surface area contributed by atoms with E-state index in [9.17, 15) is 19.1 Å². The van der Waals surface area contributed by atoms with Crippen LogP contribution in [0.3, 0.4) is 0 Å². The first kappa shape index (κ1) is 16.9. The van der Waals surface area contributed by atoms with Gasteiger partial charge in [-0.2, -0.15) is 0 Å². The van der Waals surface area contributed by atoms with E-state index >= 15 is 0 Å². The van der Waals surface area contributed by atoms with E-state index in [0.29, 0.717) is 24.1 Å². The number of carbonyl (C=O) groups is 2. The van der Waals surface area contributed by atoms with E-state index in [1.165, 1.54) is 12.1 Å². The Labute approximate surface area is 123 Å². The molecular formula is C15H21FN2O3. The number of anilines is 1. The van der Waals surface area contributed by atoms with Gasteiger partial charge in [0, 0.05) is 17.8 Å². The van der Waals surface area contributed by atoms with Gasteiger partial charge in [0.2, 0.25) is 0 Å². The molecule has 0 atom stereocenters. The minimum atomic E-state index is -0.978. The van der Waals surface area contributed by atoms with Crippen LogP contribution < -0.4 is 10.6 Å². The maximum Gasteiger partial charge on any atom is 0.319 e. The van der Waals surface area contributed by atoms with Gasteiger partial charge in [0.05, 0.1) is 5.41 Å². The lowest BCUT2D eigenvalue weighted by atomic mass is 9.82. The largest absolute Gasteiger partial charge is 0.481 e. The van der Waals surface area contributed by atoms with Gasteiger partial charge in [0.25, 0.3) is 0 Å². The first-order valence-electron chi connectivity index (χ1n) is 6.89. The maximum absolute atomic E-state index is 13.4. The lowest BCUT2D eigenvalue weighted by molar-refractivity contribution is -0.149. The summed E-state index contributed by atoms with van der Waals surface area (Å²) in [5, 5.41) is 14.4. The van der Waals surface area contributed by atoms with Crippen LogP contribution in [0.4, 0.5) is 14.9 Å². The normalized spacial score (nSPS) is 11.0. The Bertz CT molecular complexity index is 528. The van der Waals surface area contributed by atoms with Crippen LogP contribution in [0.2, 0.25) is 0 Å². The Morgan fingerprint density at radius 2 is 1.90 bits per heavy atom. The van der Waals surface area contributed by atoms with Crippen molar-refractivity contribution in [2.75, 3.05) is 11.9 Å². The van der Waals surface area contributed by atoms with Crippen LogP contribution in [-0.2, 0) is 4.79 Å². The second kappa shape index (κ2) is 7.06. The predicted octanol–water partition coefficient (Wildman–Crippen LogP) is 3.15. The fourth-order valence-corrected chi connectivity index (χ4v) is 2.04. The van der Waals surface area contributed by atoms with Gasteiger partial charge in [-0.25, -0.2) is 9.18 Å². The van der Waals surface area contributed by atoms with Crippen LogP contribution in [0.25, 0.3) is 0 Å². The summed E-state index contributed by atoms with van der Waals surface area (Å²) in [4.78, 5) is 23.2. The highest BCUT2D eigenvalue weighted by molar-refractivity contribution is 5.90. The molecule has 1 aromatic rings. The van der Waals surface area contributed by atoms with Crippen molar-refractivity contribution in [2.24, 2.45) is 5.41 Å². The van der Waals surface area contributed by atoms with Gasteiger partial charge in [0.15, 0.2) is 0 Å². The molecule has 0 saturated carbocycles. The van der Waals surface area contributed by atoms with Gasteiger partial charge in [-0.3, -0.25) is 4.79 Å². The lowest BCUT2D eigenvalue weighted by Crippen LogP contribution is -2.43. The minimum absolute atomic E-state index is 0.0233. The zero-order valence-electron chi connectivity index (χ0n) is 12.5. The lowest BCUT2D eigenvalue weighted by Gasteiger charge is -2.26. The highest BCUT2D eigenvalue weighted by atomic mass is 19.1. The van der Waals surface area contributed by atoms with E-state index < -0.39 is 23.2 Å². The first-order valence-corrected chi connectivity index (χ1v) is 6.89. The van der Waals surface area contributed by atoms with Crippen molar-refractivity contribution >= 4 is 17.7 Å². The molecule has 0 bridgehead atoms. The molecule has 0 heterocycles. The number of carboxylic acids is 1. The smallest absolute Gasteiger partial charge is 0.319 e. The summed E-state index contributed by atoms with van der Waals surface area (Å²) in [6, 6.07) is 3.85. The molecule has 21 heavy (non-hydrogen) atoms. The molecule has 0 fully saturated rings. The molecule has 116 valence electrons. The molecule has 2 amide bonds. The summed E-state index contributed by atoms with van der Waals surface area (Å²) in [6.07, 6.45) is 0.830. The predicted molar refractivity (Wildman–Crippen MR) is 78.8 cm³/mol. The number of rotatable bonds is 6. The number of aliphatic carboxylic acids is 1. The van der Waals surface area contributed by atoms with E-state index in [0.717, 1.165) is 0 Å². The fraction of sp³-hybridized carbons (Fsp3) is 0.467. The van der Waals surface area contributed by atoms with Crippen molar-refractivity contribution in [3.63, 3.8) is 0 Å². The molecule has 6 heteroatoms. The average Bonchev–Trinajstić information content (AvgIpc) is 2.45. The number of amides is 2. The Hall–Kier alpha value is -2.11. The number of halogens is 1. The van der Waals surface area contributed by atoms with E-state index in [4.69, 9.17) is 0 Å². The molecule has 1 aromatic carbocycles. The van der Waals surface area contributed by atoms with Crippen molar-refractivity contribution in [3.8, 4) is 0 Å². The summed E-state index contributed by atoms with van der Waals surface area (Å²) in [5.41, 5.74) is -0.279. The number of benzene rings is 1. The highest BCUT2D eigenvalue weighted by Gasteiger charge is 2.35. The number of carboxylic acid groups (broad SMARTS) is 1. The first-order chi connectivity index (χ1) is 9.86. The Kier molecular flexibility index (Phi) is 5.69. The Balaban J connectivity index is 2.70. The molecule has 0 aliphatic heterocycles. The summed E-state index contributed by atoms with van der Waals surface area (Å²) in [6.45, 7) is 5.13. The van der Waals surface area contributed by atoms with Crippen molar-refractivity contribution in [3.05, 3.63) is 29.6 Å².